The Morgan fingerprint density at radius 3 is 2.22 bits per heavy atom. The zero-order chi connectivity index (χ0) is 20.2. The van der Waals surface area contributed by atoms with Crippen molar-refractivity contribution in [1.29, 1.82) is 0 Å². The second-order valence-corrected chi connectivity index (χ2v) is 6.53. The van der Waals surface area contributed by atoms with Crippen molar-refractivity contribution in [3.8, 4) is 0 Å². The maximum atomic E-state index is 13.1. The minimum Gasteiger partial charge on any atom is -0.481 e. The Labute approximate surface area is 155 Å². The topological polar surface area (TPSA) is 66.4 Å². The van der Waals surface area contributed by atoms with Gasteiger partial charge in [0.15, 0.2) is 0 Å². The van der Waals surface area contributed by atoms with Gasteiger partial charge in [0.25, 0.3) is 0 Å². The van der Waals surface area contributed by atoms with Gasteiger partial charge >= 0.3 is 12.1 Å². The van der Waals surface area contributed by atoms with E-state index in [1.807, 2.05) is 32.0 Å². The molecule has 2 aromatic rings. The summed E-state index contributed by atoms with van der Waals surface area (Å²) in [6.07, 6.45) is -4.98. The number of carboxylic acid groups (broad SMARTS) is 1. The summed E-state index contributed by atoms with van der Waals surface area (Å²) in [4.78, 5) is 23.7. The lowest BCUT2D eigenvalue weighted by molar-refractivity contribution is -0.140. The normalized spacial score (nSPS) is 12.5. The van der Waals surface area contributed by atoms with Crippen molar-refractivity contribution in [3.63, 3.8) is 0 Å². The third kappa shape index (κ3) is 5.84. The minimum absolute atomic E-state index is 0.120. The van der Waals surface area contributed by atoms with Crippen molar-refractivity contribution in [2.75, 3.05) is 5.32 Å². The molecule has 0 saturated heterocycles. The third-order valence-corrected chi connectivity index (χ3v) is 4.05. The van der Waals surface area contributed by atoms with Crippen LogP contribution in [0.1, 0.15) is 28.7 Å². The van der Waals surface area contributed by atoms with E-state index in [9.17, 15) is 22.8 Å². The third-order valence-electron chi connectivity index (χ3n) is 4.05. The molecule has 0 heterocycles. The van der Waals surface area contributed by atoms with Gasteiger partial charge in [0.05, 0.1) is 23.6 Å². The summed E-state index contributed by atoms with van der Waals surface area (Å²) in [5, 5.41) is 11.4. The number of hydrogen-bond donors (Lipinski definition) is 2. The number of carboxylic acids is 1. The second-order valence-electron chi connectivity index (χ2n) is 6.53. The summed E-state index contributed by atoms with van der Waals surface area (Å²) in [6, 6.07) is 10.2. The van der Waals surface area contributed by atoms with Crippen LogP contribution >= 0.6 is 0 Å². The van der Waals surface area contributed by atoms with Crippen molar-refractivity contribution in [2.45, 2.75) is 32.9 Å². The molecule has 0 bridgehead atoms. The van der Waals surface area contributed by atoms with E-state index in [1.54, 1.807) is 0 Å². The fourth-order valence-electron chi connectivity index (χ4n) is 3.01. The molecule has 0 fully saturated rings. The number of benzene rings is 2. The van der Waals surface area contributed by atoms with Crippen LogP contribution in [0.5, 0.6) is 0 Å². The Morgan fingerprint density at radius 1 is 1.07 bits per heavy atom. The van der Waals surface area contributed by atoms with Gasteiger partial charge in [-0.1, -0.05) is 41.5 Å². The number of aliphatic carboxylic acids is 1. The summed E-state index contributed by atoms with van der Waals surface area (Å²) in [7, 11) is 0. The van der Waals surface area contributed by atoms with Crippen molar-refractivity contribution >= 4 is 17.6 Å². The molecule has 0 aliphatic carbocycles. The van der Waals surface area contributed by atoms with Crippen molar-refractivity contribution in [3.05, 3.63) is 64.7 Å². The van der Waals surface area contributed by atoms with E-state index in [0.29, 0.717) is 0 Å². The lowest BCUT2D eigenvalue weighted by Gasteiger charge is -2.18. The molecule has 4 nitrogen and oxygen atoms in total. The van der Waals surface area contributed by atoms with Crippen LogP contribution in [0.2, 0.25) is 0 Å². The maximum absolute atomic E-state index is 13.1. The van der Waals surface area contributed by atoms with E-state index in [0.717, 1.165) is 28.8 Å². The molecule has 0 saturated carbocycles. The average molecular weight is 379 g/mol. The van der Waals surface area contributed by atoms with Gasteiger partial charge in [-0.3, -0.25) is 9.59 Å². The van der Waals surface area contributed by atoms with Crippen molar-refractivity contribution in [1.82, 2.24) is 0 Å². The van der Waals surface area contributed by atoms with Crippen LogP contribution in [0.15, 0.2) is 42.5 Å². The SMILES string of the molecule is Cc1cc(C)cc(C[C@@H](CC(=O)O)C(=O)Nc2ccccc2C(F)(F)F)c1. The van der Waals surface area contributed by atoms with Gasteiger partial charge in [0, 0.05) is 0 Å². The van der Waals surface area contributed by atoms with E-state index in [-0.39, 0.29) is 12.1 Å². The molecule has 0 unspecified atom stereocenters. The summed E-state index contributed by atoms with van der Waals surface area (Å²) < 4.78 is 39.3. The molecule has 0 radical (unpaired) electrons. The number of halogens is 3. The molecular weight excluding hydrogens is 359 g/mol. The first-order valence-corrected chi connectivity index (χ1v) is 8.32. The van der Waals surface area contributed by atoms with E-state index >= 15 is 0 Å². The molecule has 1 atom stereocenters. The molecule has 2 aromatic carbocycles. The highest BCUT2D eigenvalue weighted by Gasteiger charge is 2.34. The van der Waals surface area contributed by atoms with E-state index in [2.05, 4.69) is 5.32 Å². The summed E-state index contributed by atoms with van der Waals surface area (Å²) in [5.74, 6) is -2.94. The number of carbonyl (C=O) groups excluding carboxylic acids is 1. The first kappa shape index (κ1) is 20.5. The maximum Gasteiger partial charge on any atom is 0.418 e. The van der Waals surface area contributed by atoms with Crippen molar-refractivity contribution < 1.29 is 27.9 Å². The molecule has 0 aliphatic rings. The van der Waals surface area contributed by atoms with Crippen LogP contribution in [0.3, 0.4) is 0 Å². The fourth-order valence-corrected chi connectivity index (χ4v) is 3.01. The van der Waals surface area contributed by atoms with Crippen LogP contribution in [0.25, 0.3) is 0 Å². The zero-order valence-electron chi connectivity index (χ0n) is 14.9. The van der Waals surface area contributed by atoms with Gasteiger partial charge in [0.2, 0.25) is 5.91 Å². The van der Waals surface area contributed by atoms with Gasteiger partial charge in [-0.15, -0.1) is 0 Å². The van der Waals surface area contributed by atoms with Gasteiger partial charge in [-0.2, -0.15) is 13.2 Å². The van der Waals surface area contributed by atoms with Crippen LogP contribution in [-0.2, 0) is 22.2 Å². The zero-order valence-corrected chi connectivity index (χ0v) is 14.9. The Balaban J connectivity index is 2.27. The van der Waals surface area contributed by atoms with Crippen LogP contribution in [0, 0.1) is 19.8 Å². The molecular formula is C20H20F3NO3. The first-order chi connectivity index (χ1) is 12.6. The number of hydrogen-bond acceptors (Lipinski definition) is 2. The van der Waals surface area contributed by atoms with Crippen LogP contribution < -0.4 is 5.32 Å². The predicted molar refractivity (Wildman–Crippen MR) is 95.4 cm³/mol. The summed E-state index contributed by atoms with van der Waals surface area (Å²) in [5.41, 5.74) is 1.33. The Bertz CT molecular complexity index is 826. The van der Waals surface area contributed by atoms with Crippen LogP contribution in [0.4, 0.5) is 18.9 Å². The number of para-hydroxylation sites is 1. The number of nitrogens with one attached hydrogen (secondary N) is 1. The molecule has 144 valence electrons. The lowest BCUT2D eigenvalue weighted by Crippen LogP contribution is -2.28. The first-order valence-electron chi connectivity index (χ1n) is 8.32. The molecule has 1 amide bonds. The number of rotatable bonds is 6. The van der Waals surface area contributed by atoms with E-state index in [4.69, 9.17) is 5.11 Å². The molecule has 2 rings (SSSR count). The van der Waals surface area contributed by atoms with E-state index < -0.39 is 36.0 Å². The molecule has 7 heteroatoms. The number of carbonyl (C=O) groups is 2. The molecule has 0 aromatic heterocycles. The molecule has 27 heavy (non-hydrogen) atoms. The molecule has 2 N–H and O–H groups in total. The highest BCUT2D eigenvalue weighted by atomic mass is 19.4. The largest absolute Gasteiger partial charge is 0.481 e. The second kappa shape index (κ2) is 8.24. The number of aryl methyl sites for hydroxylation is 2. The Kier molecular flexibility index (Phi) is 6.25. The highest BCUT2D eigenvalue weighted by molar-refractivity contribution is 5.95. The van der Waals surface area contributed by atoms with Gasteiger partial charge in [-0.25, -0.2) is 0 Å². The summed E-state index contributed by atoms with van der Waals surface area (Å²) >= 11 is 0. The van der Waals surface area contributed by atoms with Crippen LogP contribution in [-0.4, -0.2) is 17.0 Å². The Morgan fingerprint density at radius 2 is 1.67 bits per heavy atom. The number of amides is 1. The van der Waals surface area contributed by atoms with Crippen molar-refractivity contribution in [2.24, 2.45) is 5.92 Å². The highest BCUT2D eigenvalue weighted by Crippen LogP contribution is 2.34. The smallest absolute Gasteiger partial charge is 0.418 e. The van der Waals surface area contributed by atoms with Gasteiger partial charge in [-0.05, 0) is 38.0 Å². The van der Waals surface area contributed by atoms with Gasteiger partial charge < -0.3 is 10.4 Å². The van der Waals surface area contributed by atoms with E-state index in [1.165, 1.54) is 12.1 Å². The minimum atomic E-state index is -4.63. The summed E-state index contributed by atoms with van der Waals surface area (Å²) in [6.45, 7) is 3.75. The molecule has 0 aliphatic heterocycles. The monoisotopic (exact) mass is 379 g/mol. The predicted octanol–water partition coefficient (Wildman–Crippen LogP) is 4.59. The fraction of sp³-hybridized carbons (Fsp3) is 0.300. The standard InChI is InChI=1S/C20H20F3NO3/c1-12-7-13(2)9-14(8-12)10-15(11-18(25)26)19(27)24-17-6-4-3-5-16(17)20(21,22)23/h3-9,15H,10-11H2,1-2H3,(H,24,27)(H,25,26)/t15-/m0/s1. The number of alkyl halides is 3. The quantitative estimate of drug-likeness (QED) is 0.771. The average Bonchev–Trinajstić information content (AvgIpc) is 2.52. The Hall–Kier alpha value is -2.83. The number of anilines is 1. The van der Waals surface area contributed by atoms with Gasteiger partial charge in [0.1, 0.15) is 0 Å². The molecule has 0 spiro atoms. The lowest BCUT2D eigenvalue weighted by atomic mass is 9.93.